The van der Waals surface area contributed by atoms with E-state index in [4.69, 9.17) is 4.74 Å². The van der Waals surface area contributed by atoms with Crippen molar-refractivity contribution < 1.29 is 13.5 Å². The molecule has 0 saturated carbocycles. The summed E-state index contributed by atoms with van der Waals surface area (Å²) < 4.78 is 30.8. The van der Waals surface area contributed by atoms with Gasteiger partial charge in [0.15, 0.2) is 11.6 Å². The van der Waals surface area contributed by atoms with Crippen LogP contribution in [0, 0.1) is 11.6 Å². The van der Waals surface area contributed by atoms with E-state index in [0.29, 0.717) is 11.3 Å². The largest absolute Gasteiger partial charge is 0.487 e. The van der Waals surface area contributed by atoms with Crippen LogP contribution in [0.4, 0.5) is 8.78 Å². The second-order valence-electron chi connectivity index (χ2n) is 3.23. The molecule has 2 nitrogen and oxygen atoms in total. The molecule has 82 valence electrons. The molecule has 0 amide bonds. The second-order valence-corrected chi connectivity index (χ2v) is 3.23. The molecule has 0 radical (unpaired) electrons. The molecule has 0 aliphatic heterocycles. The van der Waals surface area contributed by atoms with Crippen LogP contribution in [0.25, 0.3) is 0 Å². The van der Waals surface area contributed by atoms with Gasteiger partial charge in [0.2, 0.25) is 0 Å². The van der Waals surface area contributed by atoms with E-state index in [1.807, 2.05) is 0 Å². The van der Waals surface area contributed by atoms with Gasteiger partial charge in [-0.1, -0.05) is 6.07 Å². The Hall–Kier alpha value is -1.97. The standard InChI is InChI=1S/C12H9F2NO/c13-11-4-3-9(6-12(11)14)8-16-10-2-1-5-15-7-10/h1-7H,8H2. The highest BCUT2D eigenvalue weighted by atomic mass is 19.2. The Kier molecular flexibility index (Phi) is 3.10. The van der Waals surface area contributed by atoms with Crippen LogP contribution in [-0.4, -0.2) is 4.98 Å². The number of hydrogen-bond donors (Lipinski definition) is 0. The molecule has 1 aromatic heterocycles. The van der Waals surface area contributed by atoms with Crippen LogP contribution in [0.1, 0.15) is 5.56 Å². The van der Waals surface area contributed by atoms with Crippen LogP contribution in [-0.2, 0) is 6.61 Å². The van der Waals surface area contributed by atoms with Gasteiger partial charge in [0.25, 0.3) is 0 Å². The first-order chi connectivity index (χ1) is 7.75. The highest BCUT2D eigenvalue weighted by Gasteiger charge is 2.02. The number of aromatic nitrogens is 1. The second kappa shape index (κ2) is 4.70. The lowest BCUT2D eigenvalue weighted by Gasteiger charge is -2.05. The normalized spacial score (nSPS) is 10.1. The van der Waals surface area contributed by atoms with E-state index in [1.54, 1.807) is 24.5 Å². The van der Waals surface area contributed by atoms with Crippen LogP contribution in [0.15, 0.2) is 42.7 Å². The molecule has 16 heavy (non-hydrogen) atoms. The number of hydrogen-bond acceptors (Lipinski definition) is 2. The topological polar surface area (TPSA) is 22.1 Å². The van der Waals surface area contributed by atoms with E-state index >= 15 is 0 Å². The molecule has 1 aromatic carbocycles. The van der Waals surface area contributed by atoms with Gasteiger partial charge in [0, 0.05) is 6.20 Å². The molecule has 2 aromatic rings. The van der Waals surface area contributed by atoms with E-state index in [0.717, 1.165) is 12.1 Å². The van der Waals surface area contributed by atoms with Gasteiger partial charge < -0.3 is 4.74 Å². The number of ether oxygens (including phenoxy) is 1. The van der Waals surface area contributed by atoms with Crippen LogP contribution >= 0.6 is 0 Å². The molecule has 0 atom stereocenters. The molecular formula is C12H9F2NO. The Labute approximate surface area is 91.5 Å². The third-order valence-electron chi connectivity index (χ3n) is 2.02. The molecule has 0 aliphatic carbocycles. The van der Waals surface area contributed by atoms with Crippen molar-refractivity contribution in [1.29, 1.82) is 0 Å². The van der Waals surface area contributed by atoms with Crippen molar-refractivity contribution >= 4 is 0 Å². The summed E-state index contributed by atoms with van der Waals surface area (Å²) in [6.07, 6.45) is 3.18. The summed E-state index contributed by atoms with van der Waals surface area (Å²) in [6.45, 7) is 0.183. The van der Waals surface area contributed by atoms with Crippen molar-refractivity contribution in [3.63, 3.8) is 0 Å². The third kappa shape index (κ3) is 2.53. The molecule has 0 aliphatic rings. The summed E-state index contributed by atoms with van der Waals surface area (Å²) >= 11 is 0. The SMILES string of the molecule is Fc1ccc(COc2cccnc2)cc1F. The minimum Gasteiger partial charge on any atom is -0.487 e. The first kappa shape index (κ1) is 10.5. The maximum Gasteiger partial charge on any atom is 0.159 e. The number of halogens is 2. The summed E-state index contributed by atoms with van der Waals surface area (Å²) in [5.41, 5.74) is 0.572. The number of rotatable bonds is 3. The summed E-state index contributed by atoms with van der Waals surface area (Å²) in [5, 5.41) is 0. The predicted octanol–water partition coefficient (Wildman–Crippen LogP) is 2.94. The molecular weight excluding hydrogens is 212 g/mol. The maximum absolute atomic E-state index is 12.9. The van der Waals surface area contributed by atoms with Gasteiger partial charge in [-0.2, -0.15) is 0 Å². The van der Waals surface area contributed by atoms with Gasteiger partial charge in [-0.15, -0.1) is 0 Å². The van der Waals surface area contributed by atoms with Gasteiger partial charge in [-0.3, -0.25) is 4.98 Å². The number of pyridine rings is 1. The zero-order valence-electron chi connectivity index (χ0n) is 8.36. The fourth-order valence-corrected chi connectivity index (χ4v) is 1.23. The van der Waals surface area contributed by atoms with Gasteiger partial charge in [-0.05, 0) is 29.8 Å². The fourth-order valence-electron chi connectivity index (χ4n) is 1.23. The zero-order valence-corrected chi connectivity index (χ0v) is 8.36. The number of benzene rings is 1. The van der Waals surface area contributed by atoms with E-state index in [1.165, 1.54) is 6.07 Å². The smallest absolute Gasteiger partial charge is 0.159 e. The van der Waals surface area contributed by atoms with E-state index in [2.05, 4.69) is 4.98 Å². The fraction of sp³-hybridized carbons (Fsp3) is 0.0833. The Morgan fingerprint density at radius 1 is 1.12 bits per heavy atom. The Morgan fingerprint density at radius 2 is 2.00 bits per heavy atom. The lowest BCUT2D eigenvalue weighted by Crippen LogP contribution is -1.97. The quantitative estimate of drug-likeness (QED) is 0.795. The number of nitrogens with zero attached hydrogens (tertiary/aromatic N) is 1. The molecule has 0 N–H and O–H groups in total. The monoisotopic (exact) mass is 221 g/mol. The Bertz CT molecular complexity index is 474. The molecule has 0 unspecified atom stereocenters. The Morgan fingerprint density at radius 3 is 2.69 bits per heavy atom. The molecule has 0 fully saturated rings. The lowest BCUT2D eigenvalue weighted by atomic mass is 10.2. The van der Waals surface area contributed by atoms with Crippen LogP contribution in [0.2, 0.25) is 0 Å². The molecule has 0 saturated heterocycles. The van der Waals surface area contributed by atoms with E-state index in [-0.39, 0.29) is 6.61 Å². The van der Waals surface area contributed by atoms with Crippen molar-refractivity contribution in [1.82, 2.24) is 4.98 Å². The van der Waals surface area contributed by atoms with Crippen LogP contribution < -0.4 is 4.74 Å². The Balaban J connectivity index is 2.03. The van der Waals surface area contributed by atoms with Crippen molar-refractivity contribution in [3.05, 3.63) is 59.9 Å². The maximum atomic E-state index is 12.9. The van der Waals surface area contributed by atoms with E-state index in [9.17, 15) is 8.78 Å². The van der Waals surface area contributed by atoms with Gasteiger partial charge in [-0.25, -0.2) is 8.78 Å². The van der Waals surface area contributed by atoms with Gasteiger partial charge >= 0.3 is 0 Å². The average Bonchev–Trinajstić information content (AvgIpc) is 2.32. The summed E-state index contributed by atoms with van der Waals surface area (Å²) in [6, 6.07) is 7.16. The predicted molar refractivity (Wildman–Crippen MR) is 54.9 cm³/mol. The van der Waals surface area contributed by atoms with Gasteiger partial charge in [0.1, 0.15) is 12.4 Å². The van der Waals surface area contributed by atoms with Crippen molar-refractivity contribution in [2.24, 2.45) is 0 Å². The highest BCUT2D eigenvalue weighted by molar-refractivity contribution is 5.20. The third-order valence-corrected chi connectivity index (χ3v) is 2.02. The zero-order chi connectivity index (χ0) is 11.4. The minimum absolute atomic E-state index is 0.183. The first-order valence-electron chi connectivity index (χ1n) is 4.72. The van der Waals surface area contributed by atoms with Crippen LogP contribution in [0.5, 0.6) is 5.75 Å². The van der Waals surface area contributed by atoms with Crippen molar-refractivity contribution in [3.8, 4) is 5.75 Å². The van der Waals surface area contributed by atoms with E-state index < -0.39 is 11.6 Å². The summed E-state index contributed by atoms with van der Waals surface area (Å²) in [5.74, 6) is -1.13. The first-order valence-corrected chi connectivity index (χ1v) is 4.72. The van der Waals surface area contributed by atoms with Gasteiger partial charge in [0.05, 0.1) is 6.20 Å². The lowest BCUT2D eigenvalue weighted by molar-refractivity contribution is 0.304. The summed E-state index contributed by atoms with van der Waals surface area (Å²) in [7, 11) is 0. The molecule has 1 heterocycles. The van der Waals surface area contributed by atoms with Crippen molar-refractivity contribution in [2.75, 3.05) is 0 Å². The minimum atomic E-state index is -0.868. The molecule has 2 rings (SSSR count). The molecule has 4 heteroatoms. The summed E-state index contributed by atoms with van der Waals surface area (Å²) in [4.78, 5) is 3.87. The molecule has 0 spiro atoms. The van der Waals surface area contributed by atoms with Crippen molar-refractivity contribution in [2.45, 2.75) is 6.61 Å². The molecule has 0 bridgehead atoms. The highest BCUT2D eigenvalue weighted by Crippen LogP contribution is 2.12. The average molecular weight is 221 g/mol. The van der Waals surface area contributed by atoms with Crippen LogP contribution in [0.3, 0.4) is 0 Å².